The molecule has 0 aromatic carbocycles. The van der Waals surface area contributed by atoms with E-state index in [0.717, 1.165) is 139 Å². The predicted octanol–water partition coefficient (Wildman–Crippen LogP) is 18.7. The Balaban J connectivity index is 0.000000131. The molecular weight excluding hydrogens is 1690 g/mol. The number of hydrogen-bond acceptors (Lipinski definition) is 25. The van der Waals surface area contributed by atoms with E-state index in [1.54, 1.807) is 20.8 Å². The molecule has 0 aromatic rings. The molecule has 23 aliphatic rings. The SMILES string of the molecule is CC(C)(C)C(=O)OCC(=O)OC1CCOC1=O.CCC(C)(C)C(=O)OC1(C)C2CC3CC(C2)CC1C3.CCC(C)(C)C(=O)OC1(C)C2CC3CC(C2)CC1C3.CCC(C)(C)C(=O)OC12CC3CC(CC(O)(C3)C1)C2.CCC(C)(C)C(=O)OC12CC3CC(CC(O)(C3)C1)C2.CCC(C)(C)C(=O)OC1C2CC3C(=O)OC1C3C2.CCC(C)(C)C(=O)OCCOC1C2CC3C(=O)OC1C3C2. The molecule has 3 saturated heterocycles. The predicted molar refractivity (Wildman–Crippen MR) is 490 cm³/mol. The van der Waals surface area contributed by atoms with Crippen molar-refractivity contribution in [3.63, 3.8) is 0 Å². The molecule has 20 bridgehead atoms. The van der Waals surface area contributed by atoms with Crippen LogP contribution in [0.25, 0.3) is 0 Å². The highest BCUT2D eigenvalue weighted by molar-refractivity contribution is 5.84. The first kappa shape index (κ1) is 103. The highest BCUT2D eigenvalue weighted by atomic mass is 16.6. The fraction of sp³-hybridized carbons (Fsp3) is 0.897. The van der Waals surface area contributed by atoms with Gasteiger partial charge in [0.15, 0.2) is 6.61 Å². The van der Waals surface area contributed by atoms with Gasteiger partial charge in [-0.15, -0.1) is 0 Å². The van der Waals surface area contributed by atoms with Crippen LogP contribution in [0.3, 0.4) is 0 Å². The zero-order valence-corrected chi connectivity index (χ0v) is 84.7. The molecule has 25 nitrogen and oxygen atoms in total. The number of esters is 11. The quantitative estimate of drug-likeness (QED) is 0.0515. The number of cyclic esters (lactones) is 1. The highest BCUT2D eigenvalue weighted by Crippen LogP contribution is 2.65. The van der Waals surface area contributed by atoms with Crippen LogP contribution < -0.4 is 0 Å². The Bertz CT molecular complexity index is 3970. The minimum atomic E-state index is -0.865. The molecule has 0 aromatic heterocycles. The first-order valence-corrected chi connectivity index (χ1v) is 51.7. The molecule has 746 valence electrons. The zero-order chi connectivity index (χ0) is 96.8. The molecule has 0 spiro atoms. The van der Waals surface area contributed by atoms with Crippen molar-refractivity contribution in [2.24, 2.45) is 144 Å². The largest absolute Gasteiger partial charge is 0.463 e. The summed E-state index contributed by atoms with van der Waals surface area (Å²) < 4.78 is 66.0. The van der Waals surface area contributed by atoms with Crippen LogP contribution in [-0.4, -0.2) is 166 Å². The third-order valence-electron chi connectivity index (χ3n) is 37.1. The van der Waals surface area contributed by atoms with Crippen LogP contribution in [-0.2, 0) is 110 Å². The summed E-state index contributed by atoms with van der Waals surface area (Å²) in [5.74, 6) is 7.63. The van der Waals surface area contributed by atoms with Crippen LogP contribution in [0, 0.1) is 144 Å². The maximum absolute atomic E-state index is 12.5. The Morgan fingerprint density at radius 2 is 0.697 bits per heavy atom. The lowest BCUT2D eigenvalue weighted by Gasteiger charge is -2.59. The third kappa shape index (κ3) is 22.0. The maximum atomic E-state index is 12.5. The molecule has 20 saturated carbocycles. The molecule has 132 heavy (non-hydrogen) atoms. The summed E-state index contributed by atoms with van der Waals surface area (Å²) in [5, 5.41) is 21.3. The van der Waals surface area contributed by atoms with Gasteiger partial charge in [-0.05, 0) is 387 Å². The number of carbonyl (C=O) groups excluding carboxylic acids is 11. The Labute approximate surface area is 787 Å². The molecule has 0 amide bonds. The average molecular weight is 1850 g/mol. The minimum absolute atomic E-state index is 0.00409. The van der Waals surface area contributed by atoms with Crippen molar-refractivity contribution in [3.05, 3.63) is 0 Å². The standard InChI is InChI=1S/2C17H28O2.C16H24O5.2C16H26O3.C14H20O4.C11H16O6/c2*1-5-16(2,3)15(18)19-17(4)13-7-11-6-12(9-13)10-14(17)8-11;1-4-16(2,3)15(18)20-6-5-19-12-9-7-10-11(8-9)14(17)21-13(10)12;2*1-4-14(2,3)13(17)19-16-8-11-5-12(9-16)7-15(18,6-11)10-16;1-4-14(2,3)13(16)18-10-7-5-8-9(6-7)12(15)17-11(8)10;1-11(2,3)10(14)16-6-8(12)17-7-4-5-15-9(7)13/h2*11-14H,5-10H2,1-4H3;9-13H,4-8H2,1-3H3;2*11-12,18H,4-10H2,1-3H3;7-11H,4-6H2,1-3H3;7H,4-6H2,1-3H3. The van der Waals surface area contributed by atoms with E-state index in [-0.39, 0.29) is 130 Å². The summed E-state index contributed by atoms with van der Waals surface area (Å²) in [6.45, 7) is 45.4. The van der Waals surface area contributed by atoms with Gasteiger partial charge in [-0.1, -0.05) is 41.5 Å². The maximum Gasteiger partial charge on any atom is 0.347 e. The van der Waals surface area contributed by atoms with Crippen molar-refractivity contribution in [1.29, 1.82) is 0 Å². The van der Waals surface area contributed by atoms with Gasteiger partial charge in [0.2, 0.25) is 6.10 Å². The molecule has 3 aliphatic heterocycles. The lowest BCUT2D eigenvalue weighted by molar-refractivity contribution is -0.226. The second-order valence-electron chi connectivity index (χ2n) is 50.6. The van der Waals surface area contributed by atoms with E-state index in [1.807, 2.05) is 111 Å². The van der Waals surface area contributed by atoms with Gasteiger partial charge in [0.05, 0.1) is 80.3 Å². The Hall–Kier alpha value is -5.95. The number of ether oxygens (including phenoxy) is 12. The second-order valence-corrected chi connectivity index (χ2v) is 50.6. The lowest BCUT2D eigenvalue weighted by atomic mass is 9.50. The van der Waals surface area contributed by atoms with Crippen molar-refractivity contribution in [1.82, 2.24) is 0 Å². The lowest BCUT2D eigenvalue weighted by Crippen LogP contribution is -2.61. The summed E-state index contributed by atoms with van der Waals surface area (Å²) in [6.07, 6.45) is 32.1. The van der Waals surface area contributed by atoms with Crippen LogP contribution in [0.5, 0.6) is 0 Å². The van der Waals surface area contributed by atoms with Crippen molar-refractivity contribution < 1.29 is 120 Å². The van der Waals surface area contributed by atoms with Crippen LogP contribution in [0.1, 0.15) is 371 Å². The second kappa shape index (κ2) is 38.7. The Morgan fingerprint density at radius 3 is 1.04 bits per heavy atom. The molecule has 15 unspecified atom stereocenters. The number of hydrogen-bond donors (Lipinski definition) is 2. The van der Waals surface area contributed by atoms with E-state index in [0.29, 0.717) is 96.9 Å². The number of fused-ring (bicyclic) bond motifs is 2. The van der Waals surface area contributed by atoms with Crippen LogP contribution in [0.4, 0.5) is 0 Å². The highest BCUT2D eigenvalue weighted by Gasteiger charge is 2.67. The van der Waals surface area contributed by atoms with E-state index in [1.165, 1.54) is 77.0 Å². The van der Waals surface area contributed by atoms with E-state index >= 15 is 0 Å². The number of aliphatic hydroxyl groups is 2. The van der Waals surface area contributed by atoms with E-state index in [4.69, 9.17) is 52.1 Å². The first-order chi connectivity index (χ1) is 61.4. The number of carbonyl (C=O) groups is 11. The van der Waals surface area contributed by atoms with Crippen LogP contribution in [0.15, 0.2) is 0 Å². The minimum Gasteiger partial charge on any atom is -0.463 e. The molecule has 15 atom stereocenters. The Kier molecular flexibility index (Phi) is 30.3. The van der Waals surface area contributed by atoms with E-state index in [2.05, 4.69) is 32.4 Å². The Morgan fingerprint density at radius 1 is 0.364 bits per heavy atom. The summed E-state index contributed by atoms with van der Waals surface area (Å²) in [7, 11) is 0. The molecule has 2 N–H and O–H groups in total. The average Bonchev–Trinajstić information content (AvgIpc) is 1.09. The zero-order valence-electron chi connectivity index (χ0n) is 84.7. The van der Waals surface area contributed by atoms with Gasteiger partial charge in [-0.3, -0.25) is 43.2 Å². The fourth-order valence-corrected chi connectivity index (χ4v) is 27.4. The molecular formula is C107H168O25. The van der Waals surface area contributed by atoms with Crippen molar-refractivity contribution in [2.45, 2.75) is 435 Å². The van der Waals surface area contributed by atoms with Gasteiger partial charge < -0.3 is 67.1 Å². The molecule has 23 fully saturated rings. The van der Waals surface area contributed by atoms with Crippen LogP contribution in [0.2, 0.25) is 0 Å². The summed E-state index contributed by atoms with van der Waals surface area (Å²) in [6, 6.07) is 0. The normalized spacial score (nSPS) is 39.6. The van der Waals surface area contributed by atoms with Gasteiger partial charge in [-0.25, -0.2) is 9.59 Å². The van der Waals surface area contributed by atoms with E-state index < -0.39 is 68.9 Å². The van der Waals surface area contributed by atoms with Crippen molar-refractivity contribution >= 4 is 65.7 Å². The van der Waals surface area contributed by atoms with Crippen molar-refractivity contribution in [2.75, 3.05) is 26.4 Å². The topological polar surface area (TPSA) is 339 Å². The fourth-order valence-electron chi connectivity index (χ4n) is 27.4. The van der Waals surface area contributed by atoms with Gasteiger partial charge in [0, 0.05) is 37.0 Å². The van der Waals surface area contributed by atoms with Crippen LogP contribution >= 0.6 is 0 Å². The van der Waals surface area contributed by atoms with Gasteiger partial charge in [0.25, 0.3) is 0 Å². The van der Waals surface area contributed by atoms with Gasteiger partial charge >= 0.3 is 65.7 Å². The van der Waals surface area contributed by atoms with Gasteiger partial charge in [-0.2, -0.15) is 0 Å². The molecule has 25 heteroatoms. The summed E-state index contributed by atoms with van der Waals surface area (Å²) in [5.41, 5.74) is -5.23. The molecule has 20 aliphatic carbocycles. The third-order valence-corrected chi connectivity index (χ3v) is 37.1. The monoisotopic (exact) mass is 1850 g/mol. The number of rotatable bonds is 24. The van der Waals surface area contributed by atoms with Gasteiger partial charge in [0.1, 0.15) is 47.3 Å². The van der Waals surface area contributed by atoms with E-state index in [9.17, 15) is 63.0 Å². The molecule has 0 radical (unpaired) electrons. The molecule has 23 rings (SSSR count). The summed E-state index contributed by atoms with van der Waals surface area (Å²) in [4.78, 5) is 131. The summed E-state index contributed by atoms with van der Waals surface area (Å²) >= 11 is 0. The van der Waals surface area contributed by atoms with Crippen molar-refractivity contribution in [3.8, 4) is 0 Å². The smallest absolute Gasteiger partial charge is 0.347 e. The molecule has 3 heterocycles. The first-order valence-electron chi connectivity index (χ1n) is 51.7.